The number of hydrogen-bond donors (Lipinski definition) is 0. The number of benzene rings is 6. The molecule has 2 heteroatoms. The van der Waals surface area contributed by atoms with Gasteiger partial charge in [0.2, 0.25) is 0 Å². The van der Waals surface area contributed by atoms with Crippen LogP contribution in [0.15, 0.2) is 211 Å². The molecule has 3 atom stereocenters. The number of allylic oxidation sites excluding steroid dienone is 12. The van der Waals surface area contributed by atoms with E-state index in [1.807, 2.05) is 0 Å². The molecular formula is C54H42N2. The molecule has 3 unspecified atom stereocenters. The van der Waals surface area contributed by atoms with Gasteiger partial charge in [-0.05, 0) is 94.9 Å². The van der Waals surface area contributed by atoms with E-state index in [0.29, 0.717) is 5.92 Å². The lowest BCUT2D eigenvalue weighted by molar-refractivity contribution is 0.495. The minimum absolute atomic E-state index is 0.192. The molecule has 0 fully saturated rings. The van der Waals surface area contributed by atoms with Gasteiger partial charge in [-0.3, -0.25) is 0 Å². The molecule has 6 aromatic carbocycles. The average Bonchev–Trinajstić information content (AvgIpc) is 3.80. The van der Waals surface area contributed by atoms with Crippen LogP contribution in [0.25, 0.3) is 60.5 Å². The molecule has 0 amide bonds. The molecule has 2 aromatic heterocycles. The van der Waals surface area contributed by atoms with Gasteiger partial charge in [-0.2, -0.15) is 0 Å². The van der Waals surface area contributed by atoms with Crippen LogP contribution in [-0.2, 0) is 0 Å². The van der Waals surface area contributed by atoms with Crippen molar-refractivity contribution in [2.75, 3.05) is 0 Å². The Labute approximate surface area is 328 Å². The largest absolute Gasteiger partial charge is 0.333 e. The molecule has 0 N–H and O–H groups in total. The fraction of sp³-hybridized carbons (Fsp3) is 0.111. The van der Waals surface area contributed by atoms with Crippen molar-refractivity contribution in [3.05, 3.63) is 223 Å². The highest BCUT2D eigenvalue weighted by molar-refractivity contribution is 6.10. The molecule has 3 aliphatic carbocycles. The first-order valence-electron chi connectivity index (χ1n) is 20.1. The summed E-state index contributed by atoms with van der Waals surface area (Å²) in [6, 6.07) is 58.0. The van der Waals surface area contributed by atoms with Gasteiger partial charge in [0, 0.05) is 38.3 Å². The zero-order chi connectivity index (χ0) is 37.0. The second kappa shape index (κ2) is 13.6. The molecule has 0 saturated carbocycles. The number of aromatic nitrogens is 2. The SMILES string of the molecule is C1=CC(n2c3ccccc3c3ccccc32)=CC(C2CC(c3ccccc3)=CC(C3=CC(n4c5ccccc5c5ccccc54)CC=C3)=C2c2ccccc2)C1. The second-order valence-corrected chi connectivity index (χ2v) is 15.5. The fourth-order valence-corrected chi connectivity index (χ4v) is 9.95. The van der Waals surface area contributed by atoms with Gasteiger partial charge in [0.05, 0.1) is 17.1 Å². The molecule has 0 spiro atoms. The lowest BCUT2D eigenvalue weighted by atomic mass is 9.69. The Bertz CT molecular complexity index is 2890. The zero-order valence-electron chi connectivity index (χ0n) is 31.3. The highest BCUT2D eigenvalue weighted by Crippen LogP contribution is 2.49. The molecule has 56 heavy (non-hydrogen) atoms. The van der Waals surface area contributed by atoms with Crippen LogP contribution in [-0.4, -0.2) is 9.13 Å². The van der Waals surface area contributed by atoms with E-state index < -0.39 is 0 Å². The van der Waals surface area contributed by atoms with Crippen LogP contribution in [0.1, 0.15) is 36.4 Å². The lowest BCUT2D eigenvalue weighted by Crippen LogP contribution is -2.22. The third-order valence-corrected chi connectivity index (χ3v) is 12.4. The summed E-state index contributed by atoms with van der Waals surface area (Å²) in [4.78, 5) is 0. The number of nitrogens with zero attached hydrogens (tertiary/aromatic N) is 2. The van der Waals surface area contributed by atoms with Gasteiger partial charge in [-0.1, -0.05) is 170 Å². The van der Waals surface area contributed by atoms with Gasteiger partial charge >= 0.3 is 0 Å². The van der Waals surface area contributed by atoms with Crippen LogP contribution in [0.2, 0.25) is 0 Å². The minimum Gasteiger partial charge on any atom is -0.333 e. The third-order valence-electron chi connectivity index (χ3n) is 12.4. The zero-order valence-corrected chi connectivity index (χ0v) is 31.3. The molecule has 2 nitrogen and oxygen atoms in total. The van der Waals surface area contributed by atoms with E-state index in [-0.39, 0.29) is 12.0 Å². The van der Waals surface area contributed by atoms with Crippen molar-refractivity contribution < 1.29 is 0 Å². The first-order valence-corrected chi connectivity index (χ1v) is 20.1. The Balaban J connectivity index is 1.11. The molecule has 0 saturated heterocycles. The van der Waals surface area contributed by atoms with Crippen LogP contribution in [0, 0.1) is 11.8 Å². The maximum Gasteiger partial charge on any atom is 0.0566 e. The number of para-hydroxylation sites is 4. The normalized spacial score (nSPS) is 19.9. The lowest BCUT2D eigenvalue weighted by Gasteiger charge is -2.36. The molecule has 0 aliphatic heterocycles. The standard InChI is InChI=1S/C54H42N2/c1-3-17-37(18-4-1)41-35-48(39-21-15-23-42(33-39)55-50-29-11-7-25-44(50)45-26-8-12-30-51(45)55)54(38-19-5-2-6-20-38)49(36-41)40-22-16-24-43(34-40)56-52-31-13-9-27-46(52)47-28-10-14-32-53(47)56/h1-21,24-35,40,42,49H,22-23,36H2. The van der Waals surface area contributed by atoms with Crippen LogP contribution < -0.4 is 0 Å². The maximum atomic E-state index is 2.59. The highest BCUT2D eigenvalue weighted by Gasteiger charge is 2.33. The average molecular weight is 719 g/mol. The van der Waals surface area contributed by atoms with Gasteiger partial charge < -0.3 is 9.13 Å². The van der Waals surface area contributed by atoms with Gasteiger partial charge in [-0.25, -0.2) is 0 Å². The molecule has 11 rings (SSSR count). The van der Waals surface area contributed by atoms with E-state index in [2.05, 4.69) is 209 Å². The number of fused-ring (bicyclic) bond motifs is 6. The maximum absolute atomic E-state index is 2.59. The van der Waals surface area contributed by atoms with E-state index in [1.54, 1.807) is 0 Å². The summed E-state index contributed by atoms with van der Waals surface area (Å²) in [5.41, 5.74) is 14.5. The smallest absolute Gasteiger partial charge is 0.0566 e. The summed E-state index contributed by atoms with van der Waals surface area (Å²) < 4.78 is 5.06. The van der Waals surface area contributed by atoms with Crippen LogP contribution in [0.3, 0.4) is 0 Å². The molecule has 0 radical (unpaired) electrons. The van der Waals surface area contributed by atoms with Crippen molar-refractivity contribution in [2.45, 2.75) is 25.3 Å². The Morgan fingerprint density at radius 1 is 0.464 bits per heavy atom. The fourth-order valence-electron chi connectivity index (χ4n) is 9.95. The summed E-state index contributed by atoms with van der Waals surface area (Å²) in [5, 5.41) is 5.23. The summed E-state index contributed by atoms with van der Waals surface area (Å²) in [6.45, 7) is 0. The number of hydrogen-bond acceptors (Lipinski definition) is 0. The van der Waals surface area contributed by atoms with Crippen LogP contribution in [0.5, 0.6) is 0 Å². The van der Waals surface area contributed by atoms with Crippen LogP contribution in [0.4, 0.5) is 0 Å². The van der Waals surface area contributed by atoms with E-state index in [1.165, 1.54) is 82.7 Å². The summed E-state index contributed by atoms with van der Waals surface area (Å²) in [7, 11) is 0. The quantitative estimate of drug-likeness (QED) is 0.162. The summed E-state index contributed by atoms with van der Waals surface area (Å²) >= 11 is 0. The minimum atomic E-state index is 0.192. The van der Waals surface area contributed by atoms with E-state index in [0.717, 1.165) is 19.3 Å². The first-order chi connectivity index (χ1) is 27.8. The van der Waals surface area contributed by atoms with Gasteiger partial charge in [-0.15, -0.1) is 0 Å². The Hall–Kier alpha value is -6.64. The predicted octanol–water partition coefficient (Wildman–Crippen LogP) is 14.0. The number of rotatable bonds is 6. The van der Waals surface area contributed by atoms with E-state index in [9.17, 15) is 0 Å². The summed E-state index contributed by atoms with van der Waals surface area (Å²) in [5.74, 6) is 0.567. The van der Waals surface area contributed by atoms with Crippen molar-refractivity contribution in [3.63, 3.8) is 0 Å². The third kappa shape index (κ3) is 5.39. The van der Waals surface area contributed by atoms with Crippen molar-refractivity contribution in [1.82, 2.24) is 9.13 Å². The molecule has 3 aliphatic rings. The molecule has 2 heterocycles. The monoisotopic (exact) mass is 718 g/mol. The summed E-state index contributed by atoms with van der Waals surface area (Å²) in [6.07, 6.45) is 20.2. The van der Waals surface area contributed by atoms with E-state index in [4.69, 9.17) is 0 Å². The molecule has 8 aromatic rings. The van der Waals surface area contributed by atoms with Crippen LogP contribution >= 0.6 is 0 Å². The molecule has 268 valence electrons. The van der Waals surface area contributed by atoms with E-state index >= 15 is 0 Å². The van der Waals surface area contributed by atoms with Crippen molar-refractivity contribution in [3.8, 4) is 0 Å². The topological polar surface area (TPSA) is 9.86 Å². The Morgan fingerprint density at radius 2 is 0.982 bits per heavy atom. The van der Waals surface area contributed by atoms with Crippen molar-refractivity contribution in [2.24, 2.45) is 11.8 Å². The Morgan fingerprint density at radius 3 is 1.61 bits per heavy atom. The van der Waals surface area contributed by atoms with Crippen molar-refractivity contribution in [1.29, 1.82) is 0 Å². The highest BCUT2D eigenvalue weighted by atomic mass is 15.0. The first kappa shape index (κ1) is 32.8. The van der Waals surface area contributed by atoms with Gasteiger partial charge in [0.15, 0.2) is 0 Å². The predicted molar refractivity (Wildman–Crippen MR) is 237 cm³/mol. The van der Waals surface area contributed by atoms with Gasteiger partial charge in [0.25, 0.3) is 0 Å². The second-order valence-electron chi connectivity index (χ2n) is 15.5. The molecule has 0 bridgehead atoms. The molecular weight excluding hydrogens is 677 g/mol. The Kier molecular flexibility index (Phi) is 7.95. The van der Waals surface area contributed by atoms with Crippen molar-refractivity contribution >= 4 is 60.5 Å². The van der Waals surface area contributed by atoms with Gasteiger partial charge in [0.1, 0.15) is 0 Å².